The summed E-state index contributed by atoms with van der Waals surface area (Å²) in [5, 5.41) is 5.42. The maximum Gasteiger partial charge on any atom is 0.309 e. The molecule has 7 nitrogen and oxygen atoms in total. The second-order valence-electron chi connectivity index (χ2n) is 7.06. The summed E-state index contributed by atoms with van der Waals surface area (Å²) in [7, 11) is 0. The minimum atomic E-state index is -0.635. The van der Waals surface area contributed by atoms with E-state index in [2.05, 4.69) is 10.6 Å². The van der Waals surface area contributed by atoms with Gasteiger partial charge >= 0.3 is 11.8 Å². The van der Waals surface area contributed by atoms with Crippen molar-refractivity contribution in [2.75, 3.05) is 19.6 Å². The topological polar surface area (TPSA) is 91.7 Å². The number of benzene rings is 1. The third-order valence-electron chi connectivity index (χ3n) is 5.07. The molecule has 2 heterocycles. The molecule has 1 aromatic heterocycles. The molecular formula is C21H25N3O4. The number of furan rings is 1. The Kier molecular flexibility index (Phi) is 6.47. The molecule has 3 rings (SSSR count). The highest BCUT2D eigenvalue weighted by molar-refractivity contribution is 6.35. The van der Waals surface area contributed by atoms with Crippen molar-refractivity contribution in [2.24, 2.45) is 5.92 Å². The predicted octanol–water partition coefficient (Wildman–Crippen LogP) is 2.13. The van der Waals surface area contributed by atoms with Gasteiger partial charge in [0, 0.05) is 19.6 Å². The number of hydrogen-bond donors (Lipinski definition) is 2. The fourth-order valence-corrected chi connectivity index (χ4v) is 3.31. The van der Waals surface area contributed by atoms with Crippen molar-refractivity contribution in [3.63, 3.8) is 0 Å². The molecule has 2 N–H and O–H groups in total. The lowest BCUT2D eigenvalue weighted by molar-refractivity contribution is -0.139. The van der Waals surface area contributed by atoms with Gasteiger partial charge < -0.3 is 20.0 Å². The summed E-state index contributed by atoms with van der Waals surface area (Å²) in [6, 6.07) is 10.9. The molecule has 3 amide bonds. The van der Waals surface area contributed by atoms with E-state index >= 15 is 0 Å². The first-order chi connectivity index (χ1) is 13.5. The van der Waals surface area contributed by atoms with E-state index in [1.54, 1.807) is 11.0 Å². The Morgan fingerprint density at radius 1 is 1.11 bits per heavy atom. The number of piperidine rings is 1. The normalized spacial score (nSPS) is 15.7. The average Bonchev–Trinajstić information content (AvgIpc) is 3.27. The van der Waals surface area contributed by atoms with E-state index < -0.39 is 11.8 Å². The third kappa shape index (κ3) is 5.00. The maximum atomic E-state index is 12.3. The standard InChI is InChI=1S/C21H25N3O4/c1-15(17-5-3-2-4-6-17)23-20(26)19(25)22-13-16-7-10-24(11-8-16)21(27)18-9-12-28-14-18/h2-6,9,12,14-16H,7-8,10-11,13H2,1H3,(H,22,25)(H,23,26)/t15-/m0/s1. The van der Waals surface area contributed by atoms with Gasteiger partial charge in [0.2, 0.25) is 0 Å². The van der Waals surface area contributed by atoms with E-state index in [9.17, 15) is 14.4 Å². The van der Waals surface area contributed by atoms with Crippen LogP contribution in [-0.4, -0.2) is 42.3 Å². The van der Waals surface area contributed by atoms with E-state index in [0.717, 1.165) is 18.4 Å². The fourth-order valence-electron chi connectivity index (χ4n) is 3.31. The minimum Gasteiger partial charge on any atom is -0.472 e. The molecule has 0 spiro atoms. The Labute approximate surface area is 164 Å². The molecule has 0 aliphatic carbocycles. The van der Waals surface area contributed by atoms with Crippen molar-refractivity contribution >= 4 is 17.7 Å². The van der Waals surface area contributed by atoms with E-state index in [4.69, 9.17) is 4.42 Å². The Bertz CT molecular complexity index is 796. The summed E-state index contributed by atoms with van der Waals surface area (Å²) >= 11 is 0. The number of nitrogens with one attached hydrogen (secondary N) is 2. The average molecular weight is 383 g/mol. The van der Waals surface area contributed by atoms with Crippen molar-refractivity contribution < 1.29 is 18.8 Å². The number of hydrogen-bond acceptors (Lipinski definition) is 4. The zero-order valence-electron chi connectivity index (χ0n) is 15.9. The number of rotatable bonds is 5. The lowest BCUT2D eigenvalue weighted by atomic mass is 9.96. The van der Waals surface area contributed by atoms with Crippen molar-refractivity contribution in [3.8, 4) is 0 Å². The summed E-state index contributed by atoms with van der Waals surface area (Å²) in [6.45, 7) is 3.52. The Balaban J connectivity index is 1.39. The van der Waals surface area contributed by atoms with Crippen LogP contribution in [0.4, 0.5) is 0 Å². The maximum absolute atomic E-state index is 12.3. The molecule has 0 unspecified atom stereocenters. The number of nitrogens with zero attached hydrogens (tertiary/aromatic N) is 1. The summed E-state index contributed by atoms with van der Waals surface area (Å²) < 4.78 is 4.96. The summed E-state index contributed by atoms with van der Waals surface area (Å²) in [4.78, 5) is 38.2. The van der Waals surface area contributed by atoms with Crippen LogP contribution in [0.2, 0.25) is 0 Å². The highest BCUT2D eigenvalue weighted by Gasteiger charge is 2.25. The smallest absolute Gasteiger partial charge is 0.309 e. The van der Waals surface area contributed by atoms with Crippen LogP contribution in [-0.2, 0) is 9.59 Å². The predicted molar refractivity (Wildman–Crippen MR) is 103 cm³/mol. The molecule has 1 aliphatic rings. The Morgan fingerprint density at radius 2 is 1.82 bits per heavy atom. The first-order valence-electron chi connectivity index (χ1n) is 9.49. The molecule has 28 heavy (non-hydrogen) atoms. The molecule has 0 saturated carbocycles. The second-order valence-corrected chi connectivity index (χ2v) is 7.06. The number of amides is 3. The molecule has 7 heteroatoms. The number of carbonyl (C=O) groups is 3. The van der Waals surface area contributed by atoms with Crippen LogP contribution in [0.25, 0.3) is 0 Å². The van der Waals surface area contributed by atoms with Crippen LogP contribution < -0.4 is 10.6 Å². The lowest BCUT2D eigenvalue weighted by Gasteiger charge is -2.31. The molecule has 2 aromatic rings. The van der Waals surface area contributed by atoms with E-state index in [1.807, 2.05) is 37.3 Å². The van der Waals surface area contributed by atoms with Crippen molar-refractivity contribution in [1.82, 2.24) is 15.5 Å². The van der Waals surface area contributed by atoms with Crippen LogP contribution in [0.15, 0.2) is 53.3 Å². The zero-order chi connectivity index (χ0) is 19.9. The molecule has 1 aliphatic heterocycles. The van der Waals surface area contributed by atoms with Gasteiger partial charge in [0.15, 0.2) is 0 Å². The van der Waals surface area contributed by atoms with E-state index in [0.29, 0.717) is 25.2 Å². The first kappa shape index (κ1) is 19.7. The molecule has 1 atom stereocenters. The van der Waals surface area contributed by atoms with Crippen molar-refractivity contribution in [3.05, 3.63) is 60.1 Å². The summed E-state index contributed by atoms with van der Waals surface area (Å²) in [5.41, 5.74) is 1.49. The van der Waals surface area contributed by atoms with Crippen molar-refractivity contribution in [2.45, 2.75) is 25.8 Å². The van der Waals surface area contributed by atoms with Gasteiger partial charge in [-0.1, -0.05) is 30.3 Å². The van der Waals surface area contributed by atoms with Gasteiger partial charge in [0.05, 0.1) is 17.9 Å². The molecular weight excluding hydrogens is 358 g/mol. The zero-order valence-corrected chi connectivity index (χ0v) is 15.9. The SMILES string of the molecule is C[C@H](NC(=O)C(=O)NCC1CCN(C(=O)c2ccoc2)CC1)c1ccccc1. The van der Waals surface area contributed by atoms with Gasteiger partial charge in [-0.05, 0) is 37.3 Å². The summed E-state index contributed by atoms with van der Waals surface area (Å²) in [6.07, 6.45) is 4.50. The Morgan fingerprint density at radius 3 is 2.46 bits per heavy atom. The first-order valence-corrected chi connectivity index (χ1v) is 9.49. The third-order valence-corrected chi connectivity index (χ3v) is 5.07. The largest absolute Gasteiger partial charge is 0.472 e. The molecule has 1 fully saturated rings. The van der Waals surface area contributed by atoms with Crippen LogP contribution in [0.3, 0.4) is 0 Å². The van der Waals surface area contributed by atoms with Crippen molar-refractivity contribution in [1.29, 1.82) is 0 Å². The van der Waals surface area contributed by atoms with E-state index in [1.165, 1.54) is 12.5 Å². The van der Waals surface area contributed by atoms with Gasteiger partial charge in [0.25, 0.3) is 5.91 Å². The fraction of sp³-hybridized carbons (Fsp3) is 0.381. The summed E-state index contributed by atoms with van der Waals surface area (Å²) in [5.74, 6) is -1.05. The second kappa shape index (κ2) is 9.21. The monoisotopic (exact) mass is 383 g/mol. The molecule has 0 radical (unpaired) electrons. The van der Waals surface area contributed by atoms with Crippen LogP contribution in [0.5, 0.6) is 0 Å². The van der Waals surface area contributed by atoms with Crippen LogP contribution >= 0.6 is 0 Å². The minimum absolute atomic E-state index is 0.0366. The van der Waals surface area contributed by atoms with Crippen LogP contribution in [0, 0.1) is 5.92 Å². The van der Waals surface area contributed by atoms with Crippen LogP contribution in [0.1, 0.15) is 41.7 Å². The number of likely N-dealkylation sites (tertiary alicyclic amines) is 1. The molecule has 1 aromatic carbocycles. The lowest BCUT2D eigenvalue weighted by Crippen LogP contribution is -2.45. The highest BCUT2D eigenvalue weighted by atomic mass is 16.3. The van der Waals surface area contributed by atoms with E-state index in [-0.39, 0.29) is 17.9 Å². The molecule has 0 bridgehead atoms. The van der Waals surface area contributed by atoms with Gasteiger partial charge in [-0.2, -0.15) is 0 Å². The highest BCUT2D eigenvalue weighted by Crippen LogP contribution is 2.18. The Hall–Kier alpha value is -3.09. The molecule has 148 valence electrons. The number of carbonyl (C=O) groups excluding carboxylic acids is 3. The molecule has 1 saturated heterocycles. The van der Waals surface area contributed by atoms with Gasteiger partial charge in [-0.3, -0.25) is 14.4 Å². The quantitative estimate of drug-likeness (QED) is 0.774. The van der Waals surface area contributed by atoms with Gasteiger partial charge in [-0.25, -0.2) is 0 Å². The van der Waals surface area contributed by atoms with Gasteiger partial charge in [-0.15, -0.1) is 0 Å². The van der Waals surface area contributed by atoms with Gasteiger partial charge in [0.1, 0.15) is 6.26 Å².